The van der Waals surface area contributed by atoms with Crippen molar-refractivity contribution in [3.8, 4) is 0 Å². The largest absolute Gasteiger partial charge is 0.255 e. The van der Waals surface area contributed by atoms with Crippen LogP contribution in [0, 0.1) is 0 Å². The van der Waals surface area contributed by atoms with Crippen LogP contribution in [-0.4, -0.2) is 4.21 Å². The average Bonchev–Trinajstić information content (AvgIpc) is 2.76. The summed E-state index contributed by atoms with van der Waals surface area (Å²) in [6.07, 6.45) is 1.89. The molecule has 0 aliphatic carbocycles. The molecule has 0 aliphatic heterocycles. The minimum atomic E-state index is -1.00. The van der Waals surface area contributed by atoms with E-state index in [2.05, 4.69) is 15.9 Å². The number of benzene rings is 1. The molecule has 0 aliphatic rings. The van der Waals surface area contributed by atoms with Gasteiger partial charge in [-0.15, -0.1) is 11.3 Å². The maximum absolute atomic E-state index is 11.9. The highest BCUT2D eigenvalue weighted by Gasteiger charge is 1.99. The first-order valence-corrected chi connectivity index (χ1v) is 8.60. The molecule has 1 atom stereocenters. The maximum Gasteiger partial charge on any atom is 0.0526 e. The van der Waals surface area contributed by atoms with E-state index in [1.165, 1.54) is 0 Å². The standard InChI is InChI=1S/C13H10BrClOS2/c14-11-7-13(17-8-11)5-6-18(16)9-10-1-3-12(15)4-2-10/h1-8H,9H2/b6-5+. The van der Waals surface area contributed by atoms with Gasteiger partial charge in [0.2, 0.25) is 0 Å². The Morgan fingerprint density at radius 2 is 2.06 bits per heavy atom. The van der Waals surface area contributed by atoms with E-state index in [1.807, 2.05) is 41.8 Å². The van der Waals surface area contributed by atoms with Gasteiger partial charge in [-0.3, -0.25) is 4.21 Å². The summed E-state index contributed by atoms with van der Waals surface area (Å²) >= 11 is 10.8. The minimum absolute atomic E-state index is 0.514. The zero-order chi connectivity index (χ0) is 13.0. The summed E-state index contributed by atoms with van der Waals surface area (Å²) in [6.45, 7) is 0. The predicted octanol–water partition coefficient (Wildman–Crippen LogP) is 5.08. The van der Waals surface area contributed by atoms with Crippen molar-refractivity contribution in [3.63, 3.8) is 0 Å². The molecule has 1 heterocycles. The molecule has 1 aromatic carbocycles. The van der Waals surface area contributed by atoms with Crippen LogP contribution in [0.25, 0.3) is 6.08 Å². The molecule has 5 heteroatoms. The summed E-state index contributed by atoms with van der Waals surface area (Å²) in [7, 11) is -1.00. The quantitative estimate of drug-likeness (QED) is 0.742. The molecule has 0 radical (unpaired) electrons. The minimum Gasteiger partial charge on any atom is -0.255 e. The van der Waals surface area contributed by atoms with Crippen LogP contribution in [0.15, 0.2) is 45.6 Å². The summed E-state index contributed by atoms with van der Waals surface area (Å²) < 4.78 is 12.9. The van der Waals surface area contributed by atoms with E-state index in [1.54, 1.807) is 16.7 Å². The molecular weight excluding hydrogens is 352 g/mol. The molecule has 1 unspecified atom stereocenters. The van der Waals surface area contributed by atoms with Gasteiger partial charge in [0.15, 0.2) is 0 Å². The van der Waals surface area contributed by atoms with Crippen molar-refractivity contribution >= 4 is 55.7 Å². The fourth-order valence-corrected chi connectivity index (χ4v) is 3.82. The van der Waals surface area contributed by atoms with Gasteiger partial charge in [0.25, 0.3) is 0 Å². The number of rotatable bonds is 4. The first-order chi connectivity index (χ1) is 8.63. The molecule has 0 saturated carbocycles. The van der Waals surface area contributed by atoms with Gasteiger partial charge in [-0.25, -0.2) is 0 Å². The van der Waals surface area contributed by atoms with Gasteiger partial charge in [-0.1, -0.05) is 23.7 Å². The molecule has 2 aromatic rings. The Hall–Kier alpha value is -0.420. The molecule has 0 amide bonds. The third-order valence-electron chi connectivity index (χ3n) is 2.19. The number of hydrogen-bond donors (Lipinski definition) is 0. The fourth-order valence-electron chi connectivity index (χ4n) is 1.35. The third kappa shape index (κ3) is 4.35. The Morgan fingerprint density at radius 3 is 2.67 bits per heavy atom. The van der Waals surface area contributed by atoms with Crippen molar-refractivity contribution in [2.24, 2.45) is 0 Å². The van der Waals surface area contributed by atoms with Gasteiger partial charge < -0.3 is 0 Å². The average molecular weight is 362 g/mol. The van der Waals surface area contributed by atoms with Gasteiger partial charge in [-0.2, -0.15) is 0 Å². The van der Waals surface area contributed by atoms with E-state index in [-0.39, 0.29) is 0 Å². The van der Waals surface area contributed by atoms with Gasteiger partial charge in [-0.05, 0) is 45.8 Å². The van der Waals surface area contributed by atoms with E-state index in [9.17, 15) is 4.21 Å². The topological polar surface area (TPSA) is 17.1 Å². The third-order valence-corrected chi connectivity index (χ3v) is 5.16. The summed E-state index contributed by atoms with van der Waals surface area (Å²) in [4.78, 5) is 1.09. The molecule has 2 rings (SSSR count). The second kappa shape index (κ2) is 6.66. The predicted molar refractivity (Wildman–Crippen MR) is 84.4 cm³/mol. The maximum atomic E-state index is 11.9. The first-order valence-electron chi connectivity index (χ1n) is 5.17. The van der Waals surface area contributed by atoms with Crippen molar-refractivity contribution < 1.29 is 4.21 Å². The Bertz CT molecular complexity index is 575. The highest BCUT2D eigenvalue weighted by molar-refractivity contribution is 9.10. The lowest BCUT2D eigenvalue weighted by Gasteiger charge is -1.98. The first kappa shape index (κ1) is 14.0. The van der Waals surface area contributed by atoms with Crippen molar-refractivity contribution in [3.05, 3.63) is 61.1 Å². The highest BCUT2D eigenvalue weighted by Crippen LogP contribution is 2.21. The molecule has 0 spiro atoms. The summed E-state index contributed by atoms with van der Waals surface area (Å²) in [5.74, 6) is 0.514. The molecule has 18 heavy (non-hydrogen) atoms. The monoisotopic (exact) mass is 360 g/mol. The number of hydrogen-bond acceptors (Lipinski definition) is 2. The van der Waals surface area contributed by atoms with Crippen LogP contribution in [0.2, 0.25) is 5.02 Å². The van der Waals surface area contributed by atoms with E-state index < -0.39 is 10.8 Å². The Morgan fingerprint density at radius 1 is 1.33 bits per heavy atom. The molecule has 0 saturated heterocycles. The van der Waals surface area contributed by atoms with Gasteiger partial charge in [0, 0.05) is 25.2 Å². The van der Waals surface area contributed by atoms with Gasteiger partial charge in [0.1, 0.15) is 0 Å². The second-order valence-electron chi connectivity index (χ2n) is 3.62. The van der Waals surface area contributed by atoms with Crippen molar-refractivity contribution in [2.75, 3.05) is 0 Å². The highest BCUT2D eigenvalue weighted by atomic mass is 79.9. The molecule has 1 nitrogen and oxygen atoms in total. The summed E-state index contributed by atoms with van der Waals surface area (Å²) in [5.41, 5.74) is 1.02. The SMILES string of the molecule is O=S(/C=C/c1cc(Br)cs1)Cc1ccc(Cl)cc1. The summed E-state index contributed by atoms with van der Waals surface area (Å²) in [6, 6.07) is 9.43. The number of halogens is 2. The van der Waals surface area contributed by atoms with Crippen molar-refractivity contribution in [1.29, 1.82) is 0 Å². The van der Waals surface area contributed by atoms with Crippen LogP contribution in [0.1, 0.15) is 10.4 Å². The van der Waals surface area contributed by atoms with Crippen LogP contribution in [0.3, 0.4) is 0 Å². The van der Waals surface area contributed by atoms with E-state index in [0.29, 0.717) is 10.8 Å². The fraction of sp³-hybridized carbons (Fsp3) is 0.0769. The number of thiophene rings is 1. The van der Waals surface area contributed by atoms with Crippen molar-refractivity contribution in [2.45, 2.75) is 5.75 Å². The molecule has 1 aromatic heterocycles. The van der Waals surface area contributed by atoms with E-state index in [4.69, 9.17) is 11.6 Å². The van der Waals surface area contributed by atoms with Crippen LogP contribution < -0.4 is 0 Å². The van der Waals surface area contributed by atoms with Gasteiger partial charge >= 0.3 is 0 Å². The zero-order valence-corrected chi connectivity index (χ0v) is 13.3. The lowest BCUT2D eigenvalue weighted by molar-refractivity contribution is 0.688. The molecule has 0 fully saturated rings. The molecule has 94 valence electrons. The normalized spacial score (nSPS) is 13.0. The lowest BCUT2D eigenvalue weighted by atomic mass is 10.2. The van der Waals surface area contributed by atoms with Crippen molar-refractivity contribution in [1.82, 2.24) is 0 Å². The molecule has 0 bridgehead atoms. The van der Waals surface area contributed by atoms with Crippen LogP contribution in [0.5, 0.6) is 0 Å². The Labute approximate surface area is 126 Å². The van der Waals surface area contributed by atoms with Crippen LogP contribution >= 0.6 is 38.9 Å². The Kier molecular flexibility index (Phi) is 5.18. The Balaban J connectivity index is 1.96. The molecular formula is C13H10BrClOS2. The molecule has 0 N–H and O–H groups in total. The van der Waals surface area contributed by atoms with Gasteiger partial charge in [0.05, 0.1) is 16.6 Å². The zero-order valence-electron chi connectivity index (χ0n) is 9.31. The van der Waals surface area contributed by atoms with Crippen LogP contribution in [-0.2, 0) is 16.6 Å². The second-order valence-corrected chi connectivity index (χ2v) is 7.24. The van der Waals surface area contributed by atoms with Crippen LogP contribution in [0.4, 0.5) is 0 Å². The van der Waals surface area contributed by atoms with E-state index >= 15 is 0 Å². The smallest absolute Gasteiger partial charge is 0.0526 e. The summed E-state index contributed by atoms with van der Waals surface area (Å²) in [5, 5.41) is 4.43. The van der Waals surface area contributed by atoms with E-state index in [0.717, 1.165) is 14.9 Å². The lowest BCUT2D eigenvalue weighted by Crippen LogP contribution is -1.90.